The van der Waals surface area contributed by atoms with Gasteiger partial charge in [0.25, 0.3) is 0 Å². The van der Waals surface area contributed by atoms with Crippen molar-refractivity contribution in [1.82, 2.24) is 30.4 Å². The number of rotatable bonds is 13. The highest BCUT2D eigenvalue weighted by atomic mass is 16.2. The molecule has 0 fully saturated rings. The summed E-state index contributed by atoms with van der Waals surface area (Å²) in [5, 5.41) is 7.50. The van der Waals surface area contributed by atoms with Crippen LogP contribution < -0.4 is 16.4 Å². The first kappa shape index (κ1) is 33.9. The minimum atomic E-state index is -1.25. The number of nitrogens with zero attached hydrogens (tertiary/aromatic N) is 3. The second-order valence-corrected chi connectivity index (χ2v) is 12.1. The van der Waals surface area contributed by atoms with E-state index >= 15 is 0 Å². The number of benzene rings is 3. The van der Waals surface area contributed by atoms with Crippen molar-refractivity contribution >= 4 is 34.4 Å². The Bertz CT molecular complexity index is 1650. The molecule has 0 saturated carbocycles. The molecular formula is C35H43N7O4. The summed E-state index contributed by atoms with van der Waals surface area (Å²) in [4.78, 5) is 64.6. The number of nitrogens with one attached hydrogen (secondary N) is 3. The number of imidazole rings is 1. The number of H-pyrrole nitrogens is 1. The Kier molecular flexibility index (Phi) is 10.9. The molecule has 0 radical (unpaired) electrons. The van der Waals surface area contributed by atoms with Crippen molar-refractivity contribution in [3.05, 3.63) is 102 Å². The first-order valence-corrected chi connectivity index (χ1v) is 15.2. The van der Waals surface area contributed by atoms with Gasteiger partial charge in [0.1, 0.15) is 18.1 Å². The summed E-state index contributed by atoms with van der Waals surface area (Å²) in [5.41, 5.74) is 7.15. The number of aromatic amines is 1. The first-order chi connectivity index (χ1) is 21.9. The zero-order chi connectivity index (χ0) is 33.4. The van der Waals surface area contributed by atoms with E-state index in [2.05, 4.69) is 20.6 Å². The molecule has 0 aliphatic rings. The molecule has 4 aromatic rings. The van der Waals surface area contributed by atoms with Gasteiger partial charge in [-0.25, -0.2) is 4.98 Å². The highest BCUT2D eigenvalue weighted by molar-refractivity contribution is 5.95. The Hall–Kier alpha value is -5.03. The SMILES string of the molecule is CNC(=O)[C@@H](Cc1ccccc1)N(C)C(=O)[C@@H](Cc1ccc2ccccc2c1)N(C)C(=O)[C@H](Cc1cnc[nH]1)NC(=O)C(C)(C)N. The summed E-state index contributed by atoms with van der Waals surface area (Å²) in [6, 6.07) is 20.4. The predicted molar refractivity (Wildman–Crippen MR) is 177 cm³/mol. The summed E-state index contributed by atoms with van der Waals surface area (Å²) < 4.78 is 0. The van der Waals surface area contributed by atoms with Crippen molar-refractivity contribution in [2.75, 3.05) is 21.1 Å². The smallest absolute Gasteiger partial charge is 0.246 e. The average Bonchev–Trinajstić information content (AvgIpc) is 3.57. The number of hydrogen-bond donors (Lipinski definition) is 4. The van der Waals surface area contributed by atoms with Crippen LogP contribution in [0.1, 0.15) is 30.7 Å². The summed E-state index contributed by atoms with van der Waals surface area (Å²) >= 11 is 0. The van der Waals surface area contributed by atoms with Crippen molar-refractivity contribution in [3.8, 4) is 0 Å². The predicted octanol–water partition coefficient (Wildman–Crippen LogP) is 2.21. The molecule has 0 unspecified atom stereocenters. The van der Waals surface area contributed by atoms with Gasteiger partial charge in [0.2, 0.25) is 23.6 Å². The minimum Gasteiger partial charge on any atom is -0.357 e. The number of amides is 4. The first-order valence-electron chi connectivity index (χ1n) is 15.2. The normalized spacial score (nSPS) is 13.3. The van der Waals surface area contributed by atoms with Crippen LogP contribution in [0.4, 0.5) is 0 Å². The van der Waals surface area contributed by atoms with E-state index in [9.17, 15) is 19.2 Å². The van der Waals surface area contributed by atoms with E-state index in [1.807, 2.05) is 72.8 Å². The highest BCUT2D eigenvalue weighted by Gasteiger charge is 2.38. The van der Waals surface area contributed by atoms with Crippen LogP contribution >= 0.6 is 0 Å². The fourth-order valence-electron chi connectivity index (χ4n) is 5.34. The van der Waals surface area contributed by atoms with Crippen molar-refractivity contribution < 1.29 is 19.2 Å². The van der Waals surface area contributed by atoms with Gasteiger partial charge in [0.15, 0.2) is 0 Å². The minimum absolute atomic E-state index is 0.104. The molecule has 242 valence electrons. The Labute approximate surface area is 269 Å². The fourth-order valence-corrected chi connectivity index (χ4v) is 5.34. The van der Waals surface area contributed by atoms with Gasteiger partial charge in [-0.3, -0.25) is 19.2 Å². The fraction of sp³-hybridized carbons (Fsp3) is 0.343. The van der Waals surface area contributed by atoms with Crippen molar-refractivity contribution in [2.45, 2.75) is 56.8 Å². The molecule has 0 spiro atoms. The Morgan fingerprint density at radius 2 is 1.46 bits per heavy atom. The van der Waals surface area contributed by atoms with E-state index in [4.69, 9.17) is 5.73 Å². The van der Waals surface area contributed by atoms with Crippen LogP contribution in [0.2, 0.25) is 0 Å². The van der Waals surface area contributed by atoms with Crippen LogP contribution in [0.5, 0.6) is 0 Å². The van der Waals surface area contributed by atoms with E-state index in [0.29, 0.717) is 5.69 Å². The molecule has 4 rings (SSSR count). The van der Waals surface area contributed by atoms with Crippen molar-refractivity contribution in [1.29, 1.82) is 0 Å². The Balaban J connectivity index is 1.71. The summed E-state index contributed by atoms with van der Waals surface area (Å²) in [6.45, 7) is 3.10. The molecule has 11 heteroatoms. The maximum absolute atomic E-state index is 14.5. The summed E-state index contributed by atoms with van der Waals surface area (Å²) in [5.74, 6) is -1.75. The standard InChI is InChI=1S/C35H43N7O4/c1-35(2,36)34(46)40-28(20-27-21-38-22-39-27)32(44)42(5)30(19-24-15-16-25-13-9-10-14-26(25)17-24)33(45)41(4)29(31(43)37-3)18-23-11-7-6-8-12-23/h6-17,21-22,28-30H,18-20,36H2,1-5H3,(H,37,43)(H,38,39)(H,40,46)/t28-,29+,30+/m0/s1. The Morgan fingerprint density at radius 1 is 0.826 bits per heavy atom. The van der Waals surface area contributed by atoms with Gasteiger partial charge in [0.05, 0.1) is 11.9 Å². The molecule has 0 aliphatic carbocycles. The van der Waals surface area contributed by atoms with Gasteiger partial charge in [-0.05, 0) is 35.7 Å². The number of carbonyl (C=O) groups excluding carboxylic acids is 4. The van der Waals surface area contributed by atoms with Gasteiger partial charge < -0.3 is 31.2 Å². The molecule has 1 aromatic heterocycles. The zero-order valence-corrected chi connectivity index (χ0v) is 27.0. The topological polar surface area (TPSA) is 154 Å². The second-order valence-electron chi connectivity index (χ2n) is 12.1. The van der Waals surface area contributed by atoms with Crippen LogP contribution in [-0.4, -0.2) is 88.2 Å². The molecule has 11 nitrogen and oxygen atoms in total. The lowest BCUT2D eigenvalue weighted by Gasteiger charge is -2.36. The monoisotopic (exact) mass is 625 g/mol. The summed E-state index contributed by atoms with van der Waals surface area (Å²) in [6.07, 6.45) is 3.62. The van der Waals surface area contributed by atoms with E-state index in [1.54, 1.807) is 34.1 Å². The lowest BCUT2D eigenvalue weighted by atomic mass is 9.97. The number of aromatic nitrogens is 2. The van der Waals surface area contributed by atoms with E-state index in [-0.39, 0.29) is 25.2 Å². The number of fused-ring (bicyclic) bond motifs is 1. The van der Waals surface area contributed by atoms with Crippen LogP contribution in [-0.2, 0) is 38.4 Å². The molecule has 4 amide bonds. The third-order valence-electron chi connectivity index (χ3n) is 8.15. The molecule has 3 aromatic carbocycles. The number of likely N-dealkylation sites (N-methyl/N-ethyl adjacent to an activating group) is 3. The van der Waals surface area contributed by atoms with Gasteiger partial charge in [-0.15, -0.1) is 0 Å². The van der Waals surface area contributed by atoms with Crippen LogP contribution in [0.25, 0.3) is 10.8 Å². The molecule has 0 bridgehead atoms. The number of carbonyl (C=O) groups is 4. The lowest BCUT2D eigenvalue weighted by Crippen LogP contribution is -2.60. The highest BCUT2D eigenvalue weighted by Crippen LogP contribution is 2.21. The Morgan fingerprint density at radius 3 is 2.09 bits per heavy atom. The molecule has 3 atom stereocenters. The average molecular weight is 626 g/mol. The van der Waals surface area contributed by atoms with Crippen LogP contribution in [0.3, 0.4) is 0 Å². The summed E-state index contributed by atoms with van der Waals surface area (Å²) in [7, 11) is 4.66. The third-order valence-corrected chi connectivity index (χ3v) is 8.15. The van der Waals surface area contributed by atoms with Crippen LogP contribution in [0.15, 0.2) is 85.3 Å². The largest absolute Gasteiger partial charge is 0.357 e. The van der Waals surface area contributed by atoms with E-state index in [1.165, 1.54) is 23.2 Å². The molecule has 0 saturated heterocycles. The van der Waals surface area contributed by atoms with Gasteiger partial charge >= 0.3 is 0 Å². The second kappa shape index (κ2) is 14.8. The van der Waals surface area contributed by atoms with E-state index < -0.39 is 41.4 Å². The zero-order valence-electron chi connectivity index (χ0n) is 27.0. The lowest BCUT2D eigenvalue weighted by molar-refractivity contribution is -0.148. The van der Waals surface area contributed by atoms with Gasteiger partial charge in [-0.2, -0.15) is 0 Å². The van der Waals surface area contributed by atoms with Crippen molar-refractivity contribution in [2.24, 2.45) is 5.73 Å². The molecule has 0 aliphatic heterocycles. The molecule has 5 N–H and O–H groups in total. The van der Waals surface area contributed by atoms with Gasteiger partial charge in [0, 0.05) is 52.3 Å². The molecular weight excluding hydrogens is 582 g/mol. The van der Waals surface area contributed by atoms with Crippen molar-refractivity contribution in [3.63, 3.8) is 0 Å². The maximum atomic E-state index is 14.5. The van der Waals surface area contributed by atoms with Crippen LogP contribution in [0, 0.1) is 0 Å². The third kappa shape index (κ3) is 8.36. The number of nitrogens with two attached hydrogens (primary N) is 1. The van der Waals surface area contributed by atoms with Gasteiger partial charge in [-0.1, -0.05) is 72.8 Å². The molecule has 46 heavy (non-hydrogen) atoms. The molecule has 1 heterocycles. The maximum Gasteiger partial charge on any atom is 0.246 e. The quantitative estimate of drug-likeness (QED) is 0.179. The number of hydrogen-bond acceptors (Lipinski definition) is 6. The van der Waals surface area contributed by atoms with E-state index in [0.717, 1.165) is 21.9 Å².